The molecule has 0 radical (unpaired) electrons. The number of quaternary nitrogens is 1. The van der Waals surface area contributed by atoms with Crippen molar-refractivity contribution < 1.29 is 9.59 Å². The number of piperazine rings is 3. The van der Waals surface area contributed by atoms with E-state index >= 15 is 0 Å². The monoisotopic (exact) mass is 267 g/mol. The predicted molar refractivity (Wildman–Crippen MR) is 72.3 cm³/mol. The van der Waals surface area contributed by atoms with Crippen LogP contribution in [0.1, 0.15) is 11.7 Å². The molecule has 0 aliphatic carbocycles. The van der Waals surface area contributed by atoms with Gasteiger partial charge < -0.3 is 9.59 Å². The van der Waals surface area contributed by atoms with Crippen molar-refractivity contribution in [3.63, 3.8) is 0 Å². The fourth-order valence-corrected chi connectivity index (χ4v) is 3.61. The van der Waals surface area contributed by atoms with E-state index in [1.54, 1.807) is 0 Å². The molecule has 0 spiro atoms. The fourth-order valence-electron chi connectivity index (χ4n) is 3.27. The minimum Gasteiger partial charge on any atom is -0.387 e. The molecule has 3 fully saturated rings. The third-order valence-electron chi connectivity index (χ3n) is 4.53. The van der Waals surface area contributed by atoms with Crippen molar-refractivity contribution in [2.24, 2.45) is 0 Å². The molecule has 3 nitrogen and oxygen atoms in total. The highest BCUT2D eigenvalue weighted by Crippen LogP contribution is 2.31. The number of fused-ring (bicyclic) bond motifs is 3. The summed E-state index contributed by atoms with van der Waals surface area (Å²) in [5, 5.41) is 10.6. The van der Waals surface area contributed by atoms with E-state index in [1.807, 2.05) is 30.3 Å². The van der Waals surface area contributed by atoms with Crippen LogP contribution < -0.4 is 0 Å². The van der Waals surface area contributed by atoms with Gasteiger partial charge in [-0.05, 0) is 5.56 Å². The lowest BCUT2D eigenvalue weighted by Crippen LogP contribution is -2.71. The summed E-state index contributed by atoms with van der Waals surface area (Å²) in [5.41, 5.74) is 1.02. The molecule has 0 unspecified atom stereocenters. The number of hydrogen-bond donors (Lipinski definition) is 1. The Hall–Kier alpha value is -0.610. The summed E-state index contributed by atoms with van der Waals surface area (Å²) in [7, 11) is 0. The maximum atomic E-state index is 10.6. The fraction of sp³-hybridized carbons (Fsp3) is 0.571. The summed E-state index contributed by atoms with van der Waals surface area (Å²) in [6.07, 6.45) is -0.396. The second-order valence-corrected chi connectivity index (χ2v) is 5.79. The average Bonchev–Trinajstić information content (AvgIpc) is 2.48. The Labute approximate surface area is 113 Å². The molecule has 1 N–H and O–H groups in total. The number of aliphatic hydroxyl groups excluding tert-OH is 1. The Balaban J connectivity index is 1.81. The Morgan fingerprint density at radius 2 is 1.94 bits per heavy atom. The van der Waals surface area contributed by atoms with Gasteiger partial charge in [-0.1, -0.05) is 41.9 Å². The first kappa shape index (κ1) is 12.4. The summed E-state index contributed by atoms with van der Waals surface area (Å²) in [6, 6.07) is 10.9. The Morgan fingerprint density at radius 1 is 1.28 bits per heavy atom. The van der Waals surface area contributed by atoms with Crippen molar-refractivity contribution in [3.05, 3.63) is 35.9 Å². The minimum atomic E-state index is -0.396. The number of benzene rings is 1. The van der Waals surface area contributed by atoms with Gasteiger partial charge in [-0.3, -0.25) is 4.90 Å². The second kappa shape index (κ2) is 4.82. The number of hydrogen-bond acceptors (Lipinski definition) is 2. The SMILES string of the molecule is O[C@@H](c1ccccc1)[C@H]1C[N+]2(CCl)CCN1CC2. The zero-order valence-electron chi connectivity index (χ0n) is 10.5. The van der Waals surface area contributed by atoms with Gasteiger partial charge in [0, 0.05) is 13.1 Å². The van der Waals surface area contributed by atoms with Crippen LogP contribution in [0, 0.1) is 0 Å². The number of rotatable bonds is 3. The van der Waals surface area contributed by atoms with Crippen LogP contribution in [-0.2, 0) is 0 Å². The Morgan fingerprint density at radius 3 is 2.56 bits per heavy atom. The van der Waals surface area contributed by atoms with Crippen LogP contribution in [0.3, 0.4) is 0 Å². The molecule has 2 atom stereocenters. The number of halogens is 1. The quantitative estimate of drug-likeness (QED) is 0.509. The smallest absolute Gasteiger partial charge is 0.155 e. The standard InChI is InChI=1S/C14H20ClN2O/c15-11-17-8-6-16(7-9-17)13(10-17)14(18)12-4-2-1-3-5-12/h1-5,13-14,18H,6-11H2/q+1/t13-,14+/m1/s1. The molecule has 0 amide bonds. The van der Waals surface area contributed by atoms with Crippen LogP contribution in [0.15, 0.2) is 30.3 Å². The van der Waals surface area contributed by atoms with E-state index in [1.165, 1.54) is 0 Å². The zero-order valence-corrected chi connectivity index (χ0v) is 11.3. The minimum absolute atomic E-state index is 0.216. The molecule has 1 aromatic carbocycles. The van der Waals surface area contributed by atoms with Crippen LogP contribution >= 0.6 is 11.6 Å². The highest BCUT2D eigenvalue weighted by molar-refractivity contribution is 6.17. The van der Waals surface area contributed by atoms with Gasteiger partial charge >= 0.3 is 0 Å². The number of aliphatic hydroxyl groups is 1. The molecule has 0 aromatic heterocycles. The van der Waals surface area contributed by atoms with Gasteiger partial charge in [-0.15, -0.1) is 0 Å². The lowest BCUT2D eigenvalue weighted by molar-refractivity contribution is -0.935. The van der Waals surface area contributed by atoms with E-state index < -0.39 is 6.10 Å². The first-order valence-electron chi connectivity index (χ1n) is 6.62. The third-order valence-corrected chi connectivity index (χ3v) is 5.03. The van der Waals surface area contributed by atoms with Crippen LogP contribution in [0.5, 0.6) is 0 Å². The van der Waals surface area contributed by atoms with Crippen molar-refractivity contribution in [2.45, 2.75) is 12.1 Å². The van der Waals surface area contributed by atoms with E-state index in [2.05, 4.69) is 4.90 Å². The summed E-state index contributed by atoms with van der Waals surface area (Å²) >= 11 is 6.15. The molecule has 0 saturated carbocycles. The number of nitrogens with zero attached hydrogens (tertiary/aromatic N) is 2. The molecular weight excluding hydrogens is 248 g/mol. The molecule has 18 heavy (non-hydrogen) atoms. The summed E-state index contributed by atoms with van der Waals surface area (Å²) in [5.74, 6) is 0. The first-order valence-corrected chi connectivity index (χ1v) is 7.16. The van der Waals surface area contributed by atoms with E-state index in [-0.39, 0.29) is 6.04 Å². The van der Waals surface area contributed by atoms with Crippen LogP contribution in [0.2, 0.25) is 0 Å². The maximum Gasteiger partial charge on any atom is 0.155 e. The average molecular weight is 268 g/mol. The maximum absolute atomic E-state index is 10.6. The third kappa shape index (κ3) is 2.05. The summed E-state index contributed by atoms with van der Waals surface area (Å²) in [4.78, 5) is 2.42. The van der Waals surface area contributed by atoms with Gasteiger partial charge in [0.2, 0.25) is 0 Å². The number of alkyl halides is 1. The van der Waals surface area contributed by atoms with Crippen LogP contribution in [-0.4, -0.2) is 59.3 Å². The van der Waals surface area contributed by atoms with Gasteiger partial charge in [-0.2, -0.15) is 0 Å². The van der Waals surface area contributed by atoms with Gasteiger partial charge in [0.1, 0.15) is 0 Å². The van der Waals surface area contributed by atoms with Gasteiger partial charge in [-0.25, -0.2) is 0 Å². The molecule has 3 aliphatic rings. The van der Waals surface area contributed by atoms with E-state index in [0.29, 0.717) is 6.00 Å². The van der Waals surface area contributed by atoms with Crippen molar-refractivity contribution in [3.8, 4) is 0 Å². The molecule has 2 bridgehead atoms. The van der Waals surface area contributed by atoms with Crippen molar-refractivity contribution in [1.82, 2.24) is 4.90 Å². The van der Waals surface area contributed by atoms with Gasteiger partial charge in [0.05, 0.1) is 31.8 Å². The predicted octanol–water partition coefficient (Wildman–Crippen LogP) is 1.43. The van der Waals surface area contributed by atoms with Crippen LogP contribution in [0.25, 0.3) is 0 Å². The highest BCUT2D eigenvalue weighted by Gasteiger charge is 2.46. The van der Waals surface area contributed by atoms with E-state index in [9.17, 15) is 5.11 Å². The van der Waals surface area contributed by atoms with E-state index in [0.717, 1.165) is 42.8 Å². The summed E-state index contributed by atoms with van der Waals surface area (Å²) in [6.45, 7) is 5.34. The van der Waals surface area contributed by atoms with Gasteiger partial charge in [0.25, 0.3) is 0 Å². The molecule has 3 saturated heterocycles. The highest BCUT2D eigenvalue weighted by atomic mass is 35.5. The molecule has 4 rings (SSSR count). The molecule has 3 aliphatic heterocycles. The molecule has 1 aromatic rings. The summed E-state index contributed by atoms with van der Waals surface area (Å²) < 4.78 is 0.965. The van der Waals surface area contributed by atoms with Crippen molar-refractivity contribution >= 4 is 11.6 Å². The Kier molecular flexibility index (Phi) is 3.32. The Bertz CT molecular complexity index is 404. The zero-order chi connectivity index (χ0) is 12.6. The lowest BCUT2D eigenvalue weighted by Gasteiger charge is -2.54. The molecule has 3 heterocycles. The second-order valence-electron chi connectivity index (χ2n) is 5.55. The topological polar surface area (TPSA) is 23.5 Å². The first-order chi connectivity index (χ1) is 8.74. The van der Waals surface area contributed by atoms with Crippen molar-refractivity contribution in [1.29, 1.82) is 0 Å². The van der Waals surface area contributed by atoms with Crippen molar-refractivity contribution in [2.75, 3.05) is 38.7 Å². The molecular formula is C14H20ClN2O+. The normalized spacial score (nSPS) is 36.6. The lowest BCUT2D eigenvalue weighted by atomic mass is 9.95. The van der Waals surface area contributed by atoms with E-state index in [4.69, 9.17) is 11.6 Å². The van der Waals surface area contributed by atoms with Gasteiger partial charge in [0.15, 0.2) is 6.00 Å². The van der Waals surface area contributed by atoms with Crippen LogP contribution in [0.4, 0.5) is 0 Å². The molecule has 98 valence electrons. The largest absolute Gasteiger partial charge is 0.387 e. The molecule has 4 heteroatoms.